The van der Waals surface area contributed by atoms with Crippen molar-refractivity contribution in [3.63, 3.8) is 0 Å². The molecule has 4 heteroatoms. The molecule has 1 aliphatic carbocycles. The third-order valence-electron chi connectivity index (χ3n) is 3.33. The van der Waals surface area contributed by atoms with Gasteiger partial charge < -0.3 is 10.6 Å². The van der Waals surface area contributed by atoms with Gasteiger partial charge in [-0.15, -0.1) is 0 Å². The summed E-state index contributed by atoms with van der Waals surface area (Å²) in [4.78, 5) is 0. The summed E-state index contributed by atoms with van der Waals surface area (Å²) in [5.74, 6) is 0.813. The zero-order chi connectivity index (χ0) is 13.8. The highest BCUT2D eigenvalue weighted by atomic mass is 35.5. The Bertz CT molecular complexity index is 539. The summed E-state index contributed by atoms with van der Waals surface area (Å²) in [6.45, 7) is 0. The second kappa shape index (κ2) is 5.99. The smallest absolute Gasteiger partial charge is 0.137 e. The molecule has 0 saturated heterocycles. The lowest BCUT2D eigenvalue weighted by Gasteiger charge is -2.12. The Morgan fingerprint density at radius 1 is 1.32 bits per heavy atom. The highest BCUT2D eigenvalue weighted by molar-refractivity contribution is 6.30. The second-order valence-electron chi connectivity index (χ2n) is 4.86. The number of nitriles is 1. The monoisotopic (exact) mass is 275 g/mol. The van der Waals surface area contributed by atoms with Crippen molar-refractivity contribution < 1.29 is 0 Å². The normalized spacial score (nSPS) is 15.5. The molecule has 2 N–H and O–H groups in total. The minimum absolute atomic E-state index is 0.516. The summed E-state index contributed by atoms with van der Waals surface area (Å²) in [5, 5.41) is 15.8. The highest BCUT2D eigenvalue weighted by Gasteiger charge is 2.22. The van der Waals surface area contributed by atoms with Crippen LogP contribution < -0.4 is 10.6 Å². The minimum Gasteiger partial charge on any atom is -0.385 e. The van der Waals surface area contributed by atoms with Crippen LogP contribution in [-0.4, -0.2) is 14.1 Å². The molecular formula is C15H18ClN3. The maximum absolute atomic E-state index is 9.14. The molecule has 100 valence electrons. The first-order valence-electron chi connectivity index (χ1n) is 6.47. The highest BCUT2D eigenvalue weighted by Crippen LogP contribution is 2.34. The molecule has 0 radical (unpaired) electrons. The lowest BCUT2D eigenvalue weighted by Crippen LogP contribution is -2.15. The Hall–Kier alpha value is -1.66. The molecule has 3 nitrogen and oxygen atoms in total. The summed E-state index contributed by atoms with van der Waals surface area (Å²) in [6, 6.07) is 8.18. The molecule has 2 rings (SSSR count). The molecule has 0 heterocycles. The summed E-state index contributed by atoms with van der Waals surface area (Å²) in [7, 11) is 3.55. The van der Waals surface area contributed by atoms with Crippen molar-refractivity contribution in [3.05, 3.63) is 40.0 Å². The van der Waals surface area contributed by atoms with Crippen LogP contribution in [0, 0.1) is 17.2 Å². The predicted octanol–water partition coefficient (Wildman–Crippen LogP) is 2.92. The van der Waals surface area contributed by atoms with Crippen molar-refractivity contribution in [2.24, 2.45) is 5.92 Å². The Kier molecular flexibility index (Phi) is 4.34. The molecule has 0 aliphatic heterocycles. The third-order valence-corrected chi connectivity index (χ3v) is 3.55. The molecular weight excluding hydrogens is 258 g/mol. The van der Waals surface area contributed by atoms with E-state index in [0.717, 1.165) is 23.6 Å². The fourth-order valence-electron chi connectivity index (χ4n) is 2.22. The van der Waals surface area contributed by atoms with Gasteiger partial charge >= 0.3 is 0 Å². The number of nitrogens with zero attached hydrogens (tertiary/aromatic N) is 1. The van der Waals surface area contributed by atoms with E-state index in [4.69, 9.17) is 16.9 Å². The molecule has 0 spiro atoms. The van der Waals surface area contributed by atoms with E-state index in [1.807, 2.05) is 19.2 Å². The maximum Gasteiger partial charge on any atom is 0.137 e. The third kappa shape index (κ3) is 3.42. The van der Waals surface area contributed by atoms with Gasteiger partial charge in [-0.3, -0.25) is 0 Å². The van der Waals surface area contributed by atoms with Gasteiger partial charge in [0.15, 0.2) is 0 Å². The number of hydrogen-bond donors (Lipinski definition) is 2. The van der Waals surface area contributed by atoms with E-state index in [1.165, 1.54) is 18.4 Å². The van der Waals surface area contributed by atoms with Gasteiger partial charge in [-0.25, -0.2) is 0 Å². The molecule has 1 aromatic rings. The van der Waals surface area contributed by atoms with Crippen molar-refractivity contribution in [1.82, 2.24) is 10.6 Å². The van der Waals surface area contributed by atoms with E-state index < -0.39 is 0 Å². The summed E-state index contributed by atoms with van der Waals surface area (Å²) in [6.07, 6.45) is 3.71. The van der Waals surface area contributed by atoms with Crippen molar-refractivity contribution in [2.75, 3.05) is 14.1 Å². The largest absolute Gasteiger partial charge is 0.385 e. The maximum atomic E-state index is 9.14. The number of hydrogen-bond acceptors (Lipinski definition) is 3. The molecule has 0 unspecified atom stereocenters. The summed E-state index contributed by atoms with van der Waals surface area (Å²) in [5.41, 5.74) is 3.49. The van der Waals surface area contributed by atoms with Gasteiger partial charge in [0.05, 0.1) is 5.70 Å². The molecule has 0 aromatic heterocycles. The Balaban J connectivity index is 2.39. The van der Waals surface area contributed by atoms with Gasteiger partial charge in [0, 0.05) is 24.7 Å². The zero-order valence-electron chi connectivity index (χ0n) is 11.3. The number of allylic oxidation sites excluding steroid dienone is 1. The van der Waals surface area contributed by atoms with Gasteiger partial charge in [0.2, 0.25) is 0 Å². The molecule has 0 amide bonds. The van der Waals surface area contributed by atoms with Gasteiger partial charge in [0.1, 0.15) is 11.8 Å². The second-order valence-corrected chi connectivity index (χ2v) is 5.29. The van der Waals surface area contributed by atoms with E-state index in [1.54, 1.807) is 7.05 Å². The molecule has 1 saturated carbocycles. The molecule has 1 fully saturated rings. The minimum atomic E-state index is 0.516. The van der Waals surface area contributed by atoms with Crippen LogP contribution in [-0.2, 0) is 6.42 Å². The van der Waals surface area contributed by atoms with E-state index in [0.29, 0.717) is 10.7 Å². The van der Waals surface area contributed by atoms with Crippen LogP contribution >= 0.6 is 11.6 Å². The van der Waals surface area contributed by atoms with Gasteiger partial charge in [-0.05, 0) is 48.9 Å². The first-order chi connectivity index (χ1) is 9.17. The van der Waals surface area contributed by atoms with Crippen molar-refractivity contribution >= 4 is 17.3 Å². The number of benzene rings is 1. The van der Waals surface area contributed by atoms with Gasteiger partial charge in [0.25, 0.3) is 0 Å². The zero-order valence-corrected chi connectivity index (χ0v) is 12.0. The Morgan fingerprint density at radius 2 is 2.05 bits per heavy atom. The first-order valence-corrected chi connectivity index (χ1v) is 6.85. The molecule has 1 aromatic carbocycles. The summed E-state index contributed by atoms with van der Waals surface area (Å²) >= 11 is 6.19. The average Bonchev–Trinajstić information content (AvgIpc) is 3.18. The summed E-state index contributed by atoms with van der Waals surface area (Å²) < 4.78 is 0. The standard InChI is InChI=1S/C15H18ClN3/c1-18-14(9-17)15(19-2)12-6-11(5-10-3-4-10)7-13(16)8-12/h6-8,10,18-19H,3-5H2,1-2H3/b15-14-. The van der Waals surface area contributed by atoms with Gasteiger partial charge in [-0.1, -0.05) is 11.6 Å². The molecule has 0 bridgehead atoms. The lowest BCUT2D eigenvalue weighted by molar-refractivity contribution is 0.832. The predicted molar refractivity (Wildman–Crippen MR) is 78.5 cm³/mol. The van der Waals surface area contributed by atoms with Crippen molar-refractivity contribution in [2.45, 2.75) is 19.3 Å². The van der Waals surface area contributed by atoms with E-state index in [9.17, 15) is 0 Å². The Morgan fingerprint density at radius 3 is 2.58 bits per heavy atom. The lowest BCUT2D eigenvalue weighted by atomic mass is 10.0. The van der Waals surface area contributed by atoms with E-state index >= 15 is 0 Å². The van der Waals surface area contributed by atoms with Gasteiger partial charge in [-0.2, -0.15) is 5.26 Å². The van der Waals surface area contributed by atoms with Crippen LogP contribution in [0.1, 0.15) is 24.0 Å². The molecule has 0 atom stereocenters. The average molecular weight is 276 g/mol. The van der Waals surface area contributed by atoms with Crippen LogP contribution in [0.15, 0.2) is 23.9 Å². The Labute approximate surface area is 119 Å². The van der Waals surface area contributed by atoms with Crippen LogP contribution in [0.2, 0.25) is 5.02 Å². The topological polar surface area (TPSA) is 47.9 Å². The molecule has 1 aliphatic rings. The van der Waals surface area contributed by atoms with Crippen molar-refractivity contribution in [1.29, 1.82) is 5.26 Å². The van der Waals surface area contributed by atoms with Crippen LogP contribution in [0.25, 0.3) is 5.70 Å². The fourth-order valence-corrected chi connectivity index (χ4v) is 2.48. The van der Waals surface area contributed by atoms with Crippen LogP contribution in [0.4, 0.5) is 0 Å². The number of nitrogens with one attached hydrogen (secondary N) is 2. The SMILES string of the molecule is CN/C(C#N)=C(\NC)c1cc(Cl)cc(CC2CC2)c1. The fraction of sp³-hybridized carbons (Fsp3) is 0.400. The first kappa shape index (κ1) is 13.8. The number of halogens is 1. The van der Waals surface area contributed by atoms with E-state index in [2.05, 4.69) is 22.8 Å². The van der Waals surface area contributed by atoms with Crippen LogP contribution in [0.5, 0.6) is 0 Å². The van der Waals surface area contributed by atoms with Crippen molar-refractivity contribution in [3.8, 4) is 6.07 Å². The molecule has 19 heavy (non-hydrogen) atoms. The van der Waals surface area contributed by atoms with E-state index in [-0.39, 0.29) is 0 Å². The quantitative estimate of drug-likeness (QED) is 0.813. The van der Waals surface area contributed by atoms with Crippen LogP contribution in [0.3, 0.4) is 0 Å². The number of rotatable bonds is 5.